The quantitative estimate of drug-likeness (QED) is 0.792. The Morgan fingerprint density at radius 1 is 1.29 bits per heavy atom. The van der Waals surface area contributed by atoms with E-state index < -0.39 is 10.0 Å². The second kappa shape index (κ2) is 7.00. The second-order valence-electron chi connectivity index (χ2n) is 5.94. The number of hydrogen-bond acceptors (Lipinski definition) is 6. The molecule has 2 aromatic rings. The maximum atomic E-state index is 13.2. The molecular formula is C16H21N3O4S. The predicted octanol–water partition coefficient (Wildman–Crippen LogP) is 2.06. The van der Waals surface area contributed by atoms with Gasteiger partial charge in [-0.1, -0.05) is 5.16 Å². The third-order valence-corrected chi connectivity index (χ3v) is 6.16. The van der Waals surface area contributed by atoms with Crippen LogP contribution in [0.1, 0.15) is 29.9 Å². The van der Waals surface area contributed by atoms with E-state index in [1.165, 1.54) is 4.31 Å². The summed E-state index contributed by atoms with van der Waals surface area (Å²) in [6.07, 6.45) is 5.05. The first kappa shape index (κ1) is 17.1. The summed E-state index contributed by atoms with van der Waals surface area (Å²) in [5.41, 5.74) is 1.25. The fraction of sp³-hybridized carbons (Fsp3) is 0.500. The molecule has 0 aromatic carbocycles. The highest BCUT2D eigenvalue weighted by molar-refractivity contribution is 7.89. The van der Waals surface area contributed by atoms with Crippen molar-refractivity contribution in [3.63, 3.8) is 0 Å². The summed E-state index contributed by atoms with van der Waals surface area (Å²) in [6, 6.07) is 3.62. The van der Waals surface area contributed by atoms with E-state index in [1.807, 2.05) is 12.1 Å². The van der Waals surface area contributed by atoms with Crippen molar-refractivity contribution in [1.29, 1.82) is 0 Å². The minimum absolute atomic E-state index is 0.0814. The van der Waals surface area contributed by atoms with E-state index in [2.05, 4.69) is 10.1 Å². The second-order valence-corrected chi connectivity index (χ2v) is 7.82. The molecule has 0 aliphatic carbocycles. The number of ether oxygens (including phenoxy) is 1. The number of pyridine rings is 1. The first-order valence-corrected chi connectivity index (χ1v) is 9.36. The molecule has 1 aliphatic rings. The number of hydrogen-bond donors (Lipinski definition) is 0. The third kappa shape index (κ3) is 3.50. The van der Waals surface area contributed by atoms with Crippen LogP contribution in [0.3, 0.4) is 0 Å². The highest BCUT2D eigenvalue weighted by atomic mass is 32.2. The Morgan fingerprint density at radius 2 is 2.04 bits per heavy atom. The van der Waals surface area contributed by atoms with Gasteiger partial charge in [0.2, 0.25) is 10.0 Å². The molecule has 2 aromatic heterocycles. The summed E-state index contributed by atoms with van der Waals surface area (Å²) in [5, 5.41) is 3.78. The molecule has 1 atom stereocenters. The first-order chi connectivity index (χ1) is 11.5. The Morgan fingerprint density at radius 3 is 2.62 bits per heavy atom. The number of nitrogens with zero attached hydrogens (tertiary/aromatic N) is 3. The van der Waals surface area contributed by atoms with Crippen molar-refractivity contribution in [2.75, 3.05) is 13.2 Å². The Labute approximate surface area is 141 Å². The van der Waals surface area contributed by atoms with Crippen LogP contribution in [0, 0.1) is 13.8 Å². The van der Waals surface area contributed by atoms with Gasteiger partial charge in [-0.3, -0.25) is 4.98 Å². The van der Waals surface area contributed by atoms with Crippen LogP contribution in [0.5, 0.6) is 0 Å². The van der Waals surface area contributed by atoms with Gasteiger partial charge in [0.15, 0.2) is 5.76 Å². The van der Waals surface area contributed by atoms with Crippen molar-refractivity contribution in [2.24, 2.45) is 0 Å². The fourth-order valence-corrected chi connectivity index (χ4v) is 4.68. The SMILES string of the molecule is Cc1noc(C)c1S(=O)(=O)N(Cc1ccncc1)CC1CCCO1. The van der Waals surface area contributed by atoms with Crippen LogP contribution in [0.25, 0.3) is 0 Å². The molecule has 8 heteroatoms. The molecule has 0 N–H and O–H groups in total. The lowest BCUT2D eigenvalue weighted by atomic mass is 10.2. The van der Waals surface area contributed by atoms with Crippen molar-refractivity contribution in [1.82, 2.24) is 14.4 Å². The van der Waals surface area contributed by atoms with Crippen molar-refractivity contribution < 1.29 is 17.7 Å². The minimum atomic E-state index is -3.73. The van der Waals surface area contributed by atoms with Gasteiger partial charge in [-0.15, -0.1) is 0 Å². The monoisotopic (exact) mass is 351 g/mol. The zero-order valence-corrected chi connectivity index (χ0v) is 14.6. The van der Waals surface area contributed by atoms with Gasteiger partial charge < -0.3 is 9.26 Å². The van der Waals surface area contributed by atoms with Crippen LogP contribution in [0.4, 0.5) is 0 Å². The van der Waals surface area contributed by atoms with Gasteiger partial charge in [-0.25, -0.2) is 8.42 Å². The van der Waals surface area contributed by atoms with Crippen LogP contribution in [0.2, 0.25) is 0 Å². The average molecular weight is 351 g/mol. The molecule has 1 saturated heterocycles. The highest BCUT2D eigenvalue weighted by Crippen LogP contribution is 2.26. The standard InChI is InChI=1S/C16H21N3O4S/c1-12-16(13(2)23-18-12)24(20,21)19(11-15-4-3-9-22-15)10-14-5-7-17-8-6-14/h5-8,15H,3-4,9-11H2,1-2H3. The summed E-state index contributed by atoms with van der Waals surface area (Å²) in [6.45, 7) is 4.51. The maximum absolute atomic E-state index is 13.2. The average Bonchev–Trinajstić information content (AvgIpc) is 3.18. The fourth-order valence-electron chi connectivity index (χ4n) is 2.93. The summed E-state index contributed by atoms with van der Waals surface area (Å²) >= 11 is 0. The molecule has 1 unspecified atom stereocenters. The largest absolute Gasteiger partial charge is 0.377 e. The lowest BCUT2D eigenvalue weighted by molar-refractivity contribution is 0.0925. The Bertz CT molecular complexity index is 763. The molecule has 0 bridgehead atoms. The molecular weight excluding hydrogens is 330 g/mol. The molecule has 1 aliphatic heterocycles. The van der Waals surface area contributed by atoms with Crippen LogP contribution < -0.4 is 0 Å². The van der Waals surface area contributed by atoms with Crippen molar-refractivity contribution in [3.05, 3.63) is 41.5 Å². The molecule has 7 nitrogen and oxygen atoms in total. The van der Waals surface area contributed by atoms with Gasteiger partial charge in [0.05, 0.1) is 6.10 Å². The Balaban J connectivity index is 1.93. The molecule has 3 rings (SSSR count). The zero-order chi connectivity index (χ0) is 17.2. The number of sulfonamides is 1. The molecule has 0 saturated carbocycles. The van der Waals surface area contributed by atoms with Gasteiger partial charge in [0.1, 0.15) is 10.6 Å². The van der Waals surface area contributed by atoms with Crippen molar-refractivity contribution in [2.45, 2.75) is 44.2 Å². The van der Waals surface area contributed by atoms with Gasteiger partial charge in [0.25, 0.3) is 0 Å². The summed E-state index contributed by atoms with van der Waals surface area (Å²) < 4.78 is 38.5. The molecule has 1 fully saturated rings. The zero-order valence-electron chi connectivity index (χ0n) is 13.8. The Kier molecular flexibility index (Phi) is 4.98. The highest BCUT2D eigenvalue weighted by Gasteiger charge is 2.33. The molecule has 24 heavy (non-hydrogen) atoms. The van der Waals surface area contributed by atoms with Gasteiger partial charge in [0, 0.05) is 32.1 Å². The molecule has 3 heterocycles. The summed E-state index contributed by atoms with van der Waals surface area (Å²) in [7, 11) is -3.73. The minimum Gasteiger partial charge on any atom is -0.377 e. The lowest BCUT2D eigenvalue weighted by Gasteiger charge is -2.24. The maximum Gasteiger partial charge on any atom is 0.248 e. The van der Waals surface area contributed by atoms with Crippen LogP contribution in [-0.2, 0) is 21.3 Å². The smallest absolute Gasteiger partial charge is 0.248 e. The molecule has 130 valence electrons. The van der Waals surface area contributed by atoms with Gasteiger partial charge in [-0.05, 0) is 44.4 Å². The van der Waals surface area contributed by atoms with E-state index in [9.17, 15) is 8.42 Å². The van der Waals surface area contributed by atoms with Gasteiger partial charge in [-0.2, -0.15) is 4.31 Å². The normalized spacial score (nSPS) is 18.4. The van der Waals surface area contributed by atoms with E-state index in [0.29, 0.717) is 24.6 Å². The Hall–Kier alpha value is -1.77. The van der Waals surface area contributed by atoms with E-state index in [0.717, 1.165) is 18.4 Å². The molecule has 0 spiro atoms. The first-order valence-electron chi connectivity index (χ1n) is 7.92. The van der Waals surface area contributed by atoms with Crippen LogP contribution >= 0.6 is 0 Å². The number of rotatable bonds is 6. The van der Waals surface area contributed by atoms with E-state index >= 15 is 0 Å². The molecule has 0 radical (unpaired) electrons. The van der Waals surface area contributed by atoms with Crippen LogP contribution in [-0.4, -0.2) is 42.1 Å². The molecule has 0 amide bonds. The van der Waals surface area contributed by atoms with Crippen molar-refractivity contribution >= 4 is 10.0 Å². The number of aryl methyl sites for hydroxylation is 2. The predicted molar refractivity (Wildman–Crippen MR) is 86.8 cm³/mol. The summed E-state index contributed by atoms with van der Waals surface area (Å²) in [5.74, 6) is 0.305. The van der Waals surface area contributed by atoms with E-state index in [1.54, 1.807) is 26.2 Å². The van der Waals surface area contributed by atoms with Gasteiger partial charge >= 0.3 is 0 Å². The third-order valence-electron chi connectivity index (χ3n) is 4.11. The topological polar surface area (TPSA) is 85.5 Å². The van der Waals surface area contributed by atoms with Crippen molar-refractivity contribution in [3.8, 4) is 0 Å². The summed E-state index contributed by atoms with van der Waals surface area (Å²) in [4.78, 5) is 4.13. The van der Waals surface area contributed by atoms with E-state index in [4.69, 9.17) is 9.26 Å². The lowest BCUT2D eigenvalue weighted by Crippen LogP contribution is -2.37. The van der Waals surface area contributed by atoms with E-state index in [-0.39, 0.29) is 17.5 Å². The van der Waals surface area contributed by atoms with Crippen LogP contribution in [0.15, 0.2) is 33.9 Å². The number of aromatic nitrogens is 2.